The van der Waals surface area contributed by atoms with Crippen LogP contribution in [0.2, 0.25) is 0 Å². The second-order valence-electron chi connectivity index (χ2n) is 5.21. The Bertz CT molecular complexity index is 650. The maximum absolute atomic E-state index is 12.4. The third-order valence-corrected chi connectivity index (χ3v) is 3.44. The molecule has 4 nitrogen and oxygen atoms in total. The number of nitrogens with one attached hydrogen (secondary N) is 1. The van der Waals surface area contributed by atoms with E-state index >= 15 is 0 Å². The van der Waals surface area contributed by atoms with Crippen LogP contribution in [0.4, 0.5) is 14.5 Å². The second kappa shape index (κ2) is 8.98. The molecule has 24 heavy (non-hydrogen) atoms. The van der Waals surface area contributed by atoms with Crippen molar-refractivity contribution in [3.05, 3.63) is 60.2 Å². The molecule has 2 aromatic carbocycles. The van der Waals surface area contributed by atoms with E-state index in [0.29, 0.717) is 13.1 Å². The van der Waals surface area contributed by atoms with Crippen molar-refractivity contribution in [1.82, 2.24) is 4.90 Å². The number of ether oxygens (including phenoxy) is 1. The molecule has 128 valence electrons. The number of nitrogens with zero attached hydrogens (tertiary/aromatic N) is 1. The summed E-state index contributed by atoms with van der Waals surface area (Å²) in [5.41, 5.74) is 1.34. The minimum Gasteiger partial charge on any atom is -0.433 e. The number of para-hydroxylation sites is 2. The van der Waals surface area contributed by atoms with E-state index in [2.05, 4.69) is 10.1 Å². The van der Waals surface area contributed by atoms with E-state index in [0.717, 1.165) is 5.56 Å². The maximum Gasteiger partial charge on any atom is 0.387 e. The van der Waals surface area contributed by atoms with Gasteiger partial charge in [0.2, 0.25) is 5.91 Å². The molecule has 0 atom stereocenters. The minimum absolute atomic E-state index is 0.0491. The standard InChI is InChI=1S/C18H20F2N2O2/c1-2-22(12-14-8-4-3-5-9-14)13-17(23)21-15-10-6-7-11-16(15)24-18(19)20/h3-11,18H,2,12-13H2,1H3,(H,21,23). The van der Waals surface area contributed by atoms with Crippen LogP contribution in [0.15, 0.2) is 54.6 Å². The van der Waals surface area contributed by atoms with Gasteiger partial charge in [-0.15, -0.1) is 0 Å². The van der Waals surface area contributed by atoms with Gasteiger partial charge in [0.1, 0.15) is 5.75 Å². The van der Waals surface area contributed by atoms with Gasteiger partial charge in [0.25, 0.3) is 0 Å². The average Bonchev–Trinajstić information content (AvgIpc) is 2.56. The molecule has 0 aromatic heterocycles. The van der Waals surface area contributed by atoms with Crippen LogP contribution in [0, 0.1) is 0 Å². The van der Waals surface area contributed by atoms with Gasteiger partial charge in [-0.1, -0.05) is 49.4 Å². The Balaban J connectivity index is 1.97. The van der Waals surface area contributed by atoms with Crippen LogP contribution in [0.3, 0.4) is 0 Å². The molecule has 0 unspecified atom stereocenters. The summed E-state index contributed by atoms with van der Waals surface area (Å²) >= 11 is 0. The van der Waals surface area contributed by atoms with Crippen LogP contribution >= 0.6 is 0 Å². The van der Waals surface area contributed by atoms with Gasteiger partial charge in [0.15, 0.2) is 0 Å². The Kier molecular flexibility index (Phi) is 6.69. The highest BCUT2D eigenvalue weighted by atomic mass is 19.3. The molecule has 0 fully saturated rings. The Hall–Kier alpha value is -2.47. The predicted molar refractivity (Wildman–Crippen MR) is 89.1 cm³/mol. The minimum atomic E-state index is -2.94. The Morgan fingerprint density at radius 2 is 1.79 bits per heavy atom. The van der Waals surface area contributed by atoms with Crippen LogP contribution in [0.1, 0.15) is 12.5 Å². The van der Waals surface area contributed by atoms with Crippen molar-refractivity contribution >= 4 is 11.6 Å². The molecule has 6 heteroatoms. The fraction of sp³-hybridized carbons (Fsp3) is 0.278. The highest BCUT2D eigenvalue weighted by molar-refractivity contribution is 5.93. The van der Waals surface area contributed by atoms with Crippen LogP contribution in [0.5, 0.6) is 5.75 Å². The molecule has 0 heterocycles. The fourth-order valence-corrected chi connectivity index (χ4v) is 2.28. The van der Waals surface area contributed by atoms with Crippen molar-refractivity contribution in [3.63, 3.8) is 0 Å². The Morgan fingerprint density at radius 3 is 2.46 bits per heavy atom. The molecule has 0 saturated carbocycles. The number of carbonyl (C=O) groups excluding carboxylic acids is 1. The Morgan fingerprint density at radius 1 is 1.12 bits per heavy atom. The van der Waals surface area contributed by atoms with Gasteiger partial charge in [-0.25, -0.2) is 0 Å². The lowest BCUT2D eigenvalue weighted by atomic mass is 10.2. The largest absolute Gasteiger partial charge is 0.433 e. The number of halogens is 2. The summed E-state index contributed by atoms with van der Waals surface area (Å²) in [4.78, 5) is 14.2. The first-order valence-electron chi connectivity index (χ1n) is 7.68. The normalized spacial score (nSPS) is 10.9. The van der Waals surface area contributed by atoms with E-state index in [1.165, 1.54) is 12.1 Å². The van der Waals surface area contributed by atoms with Crippen LogP contribution in [-0.2, 0) is 11.3 Å². The highest BCUT2D eigenvalue weighted by Crippen LogP contribution is 2.25. The van der Waals surface area contributed by atoms with E-state index in [1.807, 2.05) is 42.2 Å². The summed E-state index contributed by atoms with van der Waals surface area (Å²) in [6.45, 7) is 0.517. The average molecular weight is 334 g/mol. The van der Waals surface area contributed by atoms with E-state index < -0.39 is 6.61 Å². The third-order valence-electron chi connectivity index (χ3n) is 3.44. The van der Waals surface area contributed by atoms with E-state index in [-0.39, 0.29) is 23.9 Å². The van der Waals surface area contributed by atoms with Gasteiger partial charge >= 0.3 is 6.61 Å². The lowest BCUT2D eigenvalue weighted by Crippen LogP contribution is -2.32. The fourth-order valence-electron chi connectivity index (χ4n) is 2.28. The Labute approximate surface area is 140 Å². The number of anilines is 1. The monoisotopic (exact) mass is 334 g/mol. The number of hydrogen-bond acceptors (Lipinski definition) is 3. The number of rotatable bonds is 8. The summed E-state index contributed by atoms with van der Waals surface area (Å²) in [7, 11) is 0. The molecule has 1 N–H and O–H groups in total. The molecule has 0 saturated heterocycles. The van der Waals surface area contributed by atoms with E-state index in [1.54, 1.807) is 12.1 Å². The van der Waals surface area contributed by atoms with Crippen molar-refractivity contribution in [2.45, 2.75) is 20.1 Å². The quantitative estimate of drug-likeness (QED) is 0.799. The lowest BCUT2D eigenvalue weighted by molar-refractivity contribution is -0.117. The third kappa shape index (κ3) is 5.62. The first-order valence-corrected chi connectivity index (χ1v) is 7.68. The van der Waals surface area contributed by atoms with Gasteiger partial charge in [-0.05, 0) is 24.2 Å². The molecule has 0 aliphatic rings. The van der Waals surface area contributed by atoms with Gasteiger partial charge in [-0.2, -0.15) is 8.78 Å². The number of benzene rings is 2. The summed E-state index contributed by atoms with van der Waals surface area (Å²) < 4.78 is 29.2. The van der Waals surface area contributed by atoms with Crippen molar-refractivity contribution in [3.8, 4) is 5.75 Å². The smallest absolute Gasteiger partial charge is 0.387 e. The van der Waals surface area contributed by atoms with Gasteiger partial charge < -0.3 is 10.1 Å². The molecule has 0 bridgehead atoms. The number of likely N-dealkylation sites (N-methyl/N-ethyl adjacent to an activating group) is 1. The predicted octanol–water partition coefficient (Wildman–Crippen LogP) is 3.75. The van der Waals surface area contributed by atoms with Crippen molar-refractivity contribution in [2.75, 3.05) is 18.4 Å². The number of hydrogen-bond donors (Lipinski definition) is 1. The molecule has 0 aliphatic heterocycles. The number of alkyl halides is 2. The summed E-state index contributed by atoms with van der Waals surface area (Å²) in [6.07, 6.45) is 0. The van der Waals surface area contributed by atoms with E-state index in [4.69, 9.17) is 0 Å². The zero-order valence-electron chi connectivity index (χ0n) is 13.4. The SMILES string of the molecule is CCN(CC(=O)Nc1ccccc1OC(F)F)Cc1ccccc1. The number of carbonyl (C=O) groups is 1. The molecule has 2 aromatic rings. The maximum atomic E-state index is 12.4. The topological polar surface area (TPSA) is 41.6 Å². The highest BCUT2D eigenvalue weighted by Gasteiger charge is 2.14. The van der Waals surface area contributed by atoms with Crippen LogP contribution in [0.25, 0.3) is 0 Å². The van der Waals surface area contributed by atoms with Crippen molar-refractivity contribution in [2.24, 2.45) is 0 Å². The van der Waals surface area contributed by atoms with Crippen molar-refractivity contribution < 1.29 is 18.3 Å². The van der Waals surface area contributed by atoms with Gasteiger partial charge in [-0.3, -0.25) is 9.69 Å². The number of amides is 1. The molecule has 0 radical (unpaired) electrons. The van der Waals surface area contributed by atoms with E-state index in [9.17, 15) is 13.6 Å². The first kappa shape index (κ1) is 17.9. The summed E-state index contributed by atoms with van der Waals surface area (Å²) in [6, 6.07) is 16.0. The first-order chi connectivity index (χ1) is 11.6. The molecule has 1 amide bonds. The molecule has 2 rings (SSSR count). The molecular weight excluding hydrogens is 314 g/mol. The van der Waals surface area contributed by atoms with Crippen molar-refractivity contribution in [1.29, 1.82) is 0 Å². The lowest BCUT2D eigenvalue weighted by Gasteiger charge is -2.20. The van der Waals surface area contributed by atoms with Gasteiger partial charge in [0.05, 0.1) is 12.2 Å². The molecule has 0 aliphatic carbocycles. The zero-order valence-corrected chi connectivity index (χ0v) is 13.4. The van der Waals surface area contributed by atoms with Gasteiger partial charge in [0, 0.05) is 6.54 Å². The second-order valence-corrected chi connectivity index (χ2v) is 5.21. The molecule has 0 spiro atoms. The van der Waals surface area contributed by atoms with Crippen LogP contribution < -0.4 is 10.1 Å². The zero-order chi connectivity index (χ0) is 17.4. The summed E-state index contributed by atoms with van der Waals surface area (Å²) in [5, 5.41) is 2.63. The molecular formula is C18H20F2N2O2. The summed E-state index contributed by atoms with van der Waals surface area (Å²) in [5.74, 6) is -0.329. The van der Waals surface area contributed by atoms with Crippen LogP contribution in [-0.4, -0.2) is 30.5 Å².